The Morgan fingerprint density at radius 2 is 2.08 bits per heavy atom. The van der Waals surface area contributed by atoms with Gasteiger partial charge in [0.25, 0.3) is 6.43 Å². The maximum absolute atomic E-state index is 13.5. The molecule has 1 aromatic carbocycles. The van der Waals surface area contributed by atoms with Crippen LogP contribution in [0.4, 0.5) is 8.78 Å². The van der Waals surface area contributed by atoms with Crippen molar-refractivity contribution in [3.63, 3.8) is 0 Å². The second-order valence-corrected chi connectivity index (χ2v) is 12.9. The second kappa shape index (κ2) is 10.6. The van der Waals surface area contributed by atoms with Crippen LogP contribution in [0.1, 0.15) is 62.4 Å². The summed E-state index contributed by atoms with van der Waals surface area (Å²) in [6.45, 7) is 1.60. The first-order chi connectivity index (χ1) is 18.9. The molecule has 11 nitrogen and oxygen atoms in total. The van der Waals surface area contributed by atoms with E-state index in [2.05, 4.69) is 25.3 Å². The van der Waals surface area contributed by atoms with E-state index in [-0.39, 0.29) is 27.5 Å². The van der Waals surface area contributed by atoms with Gasteiger partial charge in [-0.05, 0) is 63.2 Å². The fourth-order valence-electron chi connectivity index (χ4n) is 4.81. The van der Waals surface area contributed by atoms with E-state index in [4.69, 9.17) is 5.73 Å². The number of allylic oxidation sites excluding steroid dienone is 1. The number of fused-ring (bicyclic) bond motifs is 1. The van der Waals surface area contributed by atoms with E-state index in [1.54, 1.807) is 18.7 Å². The number of aromatic nitrogens is 4. The molecule has 0 saturated heterocycles. The Bertz CT molecular complexity index is 1650. The van der Waals surface area contributed by atoms with Gasteiger partial charge in [0.2, 0.25) is 15.9 Å². The smallest absolute Gasteiger partial charge is 0.291 e. The molecule has 2 aliphatic carbocycles. The van der Waals surface area contributed by atoms with Crippen LogP contribution in [0.3, 0.4) is 0 Å². The van der Waals surface area contributed by atoms with Gasteiger partial charge < -0.3 is 11.1 Å². The van der Waals surface area contributed by atoms with Gasteiger partial charge in [-0.15, -0.1) is 10.2 Å². The third-order valence-corrected chi connectivity index (χ3v) is 9.52. The lowest BCUT2D eigenvalue weighted by Gasteiger charge is -2.20. The van der Waals surface area contributed by atoms with Crippen LogP contribution in [-0.4, -0.2) is 51.9 Å². The van der Waals surface area contributed by atoms with Gasteiger partial charge in [0.05, 0.1) is 22.5 Å². The molecular weight excluding hydrogens is 562 g/mol. The van der Waals surface area contributed by atoms with Gasteiger partial charge in [0.15, 0.2) is 10.0 Å². The van der Waals surface area contributed by atoms with Crippen molar-refractivity contribution < 1.29 is 22.0 Å². The standard InChI is InChI=1S/C25H28F2N8O3S2/c1-13(29)22(36)30-15-6-4-3-5-14(9-15)17-10-16(40(37,38)34-25(12-28)7-8-25)11-18-19(33-35(2)20(17)18)23-31-32-24(39-23)21(26)27/h5,10-11,13,15,21,34H,3-4,6-9,29H2,1-2H3,(H,30,36)/t13-,15?/m0/s1. The van der Waals surface area contributed by atoms with Gasteiger partial charge in [0.1, 0.15) is 11.2 Å². The number of nitriles is 1. The Labute approximate surface area is 233 Å². The zero-order valence-electron chi connectivity index (χ0n) is 21.8. The molecule has 4 N–H and O–H groups in total. The highest BCUT2D eigenvalue weighted by Gasteiger charge is 2.47. The van der Waals surface area contributed by atoms with E-state index in [1.807, 2.05) is 12.1 Å². The Balaban J connectivity index is 1.67. The van der Waals surface area contributed by atoms with E-state index < -0.39 is 33.0 Å². The summed E-state index contributed by atoms with van der Waals surface area (Å²) in [5.74, 6) is -0.280. The molecular formula is C25H28F2N8O3S2. The third-order valence-electron chi connectivity index (χ3n) is 7.07. The van der Waals surface area contributed by atoms with Crippen molar-refractivity contribution in [1.82, 2.24) is 30.0 Å². The van der Waals surface area contributed by atoms with Crippen molar-refractivity contribution in [3.8, 4) is 16.8 Å². The van der Waals surface area contributed by atoms with Crippen LogP contribution >= 0.6 is 11.3 Å². The number of sulfonamides is 1. The summed E-state index contributed by atoms with van der Waals surface area (Å²) in [6.07, 6.45) is 2.65. The molecule has 0 bridgehead atoms. The lowest BCUT2D eigenvalue weighted by atomic mass is 9.96. The number of nitrogens with one attached hydrogen (secondary N) is 2. The van der Waals surface area contributed by atoms with Crippen molar-refractivity contribution in [1.29, 1.82) is 5.26 Å². The quantitative estimate of drug-likeness (QED) is 0.359. The Morgan fingerprint density at radius 1 is 1.32 bits per heavy atom. The van der Waals surface area contributed by atoms with E-state index in [1.165, 1.54) is 12.1 Å². The maximum Gasteiger partial charge on any atom is 0.291 e. The minimum Gasteiger partial charge on any atom is -0.352 e. The molecule has 2 atom stereocenters. The molecule has 3 aromatic rings. The summed E-state index contributed by atoms with van der Waals surface area (Å²) >= 11 is 0.684. The maximum atomic E-state index is 13.5. The number of carbonyl (C=O) groups excluding carboxylic acids is 1. The number of halogens is 2. The number of carbonyl (C=O) groups is 1. The topological polar surface area (TPSA) is 169 Å². The van der Waals surface area contributed by atoms with Crippen LogP contribution in [-0.2, 0) is 21.9 Å². The average Bonchev–Trinajstić information content (AvgIpc) is 3.43. The highest BCUT2D eigenvalue weighted by atomic mass is 32.2. The first-order valence-corrected chi connectivity index (χ1v) is 15.1. The number of amides is 1. The van der Waals surface area contributed by atoms with E-state index in [0.29, 0.717) is 59.9 Å². The molecule has 1 saturated carbocycles. The molecule has 1 amide bonds. The van der Waals surface area contributed by atoms with Crippen molar-refractivity contribution >= 4 is 43.7 Å². The van der Waals surface area contributed by atoms with Gasteiger partial charge in [-0.3, -0.25) is 9.48 Å². The number of aryl methyl sites for hydroxylation is 1. The van der Waals surface area contributed by atoms with Crippen LogP contribution in [0.25, 0.3) is 27.2 Å². The molecule has 5 rings (SSSR count). The molecule has 0 spiro atoms. The SMILES string of the molecule is C[C@H](N)C(=O)NC1CCCC=C(c2cc(S(=O)(=O)NC3(C#N)CC3)cc3c(-c4nnc(C(F)F)s4)nn(C)c23)C1. The number of nitrogens with two attached hydrogens (primary N) is 1. The highest BCUT2D eigenvalue weighted by molar-refractivity contribution is 7.89. The zero-order chi connectivity index (χ0) is 28.8. The van der Waals surface area contributed by atoms with E-state index >= 15 is 0 Å². The number of hydrogen-bond donors (Lipinski definition) is 3. The fourth-order valence-corrected chi connectivity index (χ4v) is 6.94. The lowest BCUT2D eigenvalue weighted by molar-refractivity contribution is -0.122. The second-order valence-electron chi connectivity index (χ2n) is 10.2. The summed E-state index contributed by atoms with van der Waals surface area (Å²) in [7, 11) is -2.47. The van der Waals surface area contributed by atoms with Gasteiger partial charge in [0, 0.05) is 24.0 Å². The van der Waals surface area contributed by atoms with E-state index in [9.17, 15) is 27.3 Å². The predicted octanol–water partition coefficient (Wildman–Crippen LogP) is 3.15. The van der Waals surface area contributed by atoms with Gasteiger partial charge >= 0.3 is 0 Å². The molecule has 2 aromatic heterocycles. The summed E-state index contributed by atoms with van der Waals surface area (Å²) < 4.78 is 57.7. The summed E-state index contributed by atoms with van der Waals surface area (Å²) in [5.41, 5.74) is 6.78. The van der Waals surface area contributed by atoms with Crippen LogP contribution in [0.5, 0.6) is 0 Å². The third kappa shape index (κ3) is 5.49. The molecule has 2 aliphatic rings. The number of nitrogens with zero attached hydrogens (tertiary/aromatic N) is 5. The summed E-state index contributed by atoms with van der Waals surface area (Å²) in [4.78, 5) is 12.3. The summed E-state index contributed by atoms with van der Waals surface area (Å²) in [6, 6.07) is 4.09. The zero-order valence-corrected chi connectivity index (χ0v) is 23.5. The number of rotatable bonds is 8. The molecule has 2 heterocycles. The first-order valence-electron chi connectivity index (χ1n) is 12.8. The van der Waals surface area contributed by atoms with Crippen LogP contribution in [0, 0.1) is 11.3 Å². The summed E-state index contributed by atoms with van der Waals surface area (Å²) in [5, 5.41) is 24.5. The number of alkyl halides is 2. The minimum absolute atomic E-state index is 0.0920. The lowest BCUT2D eigenvalue weighted by Crippen LogP contribution is -2.43. The van der Waals surface area contributed by atoms with Crippen molar-refractivity contribution in [2.75, 3.05) is 0 Å². The first kappa shape index (κ1) is 28.2. The Hall–Kier alpha value is -3.32. The minimum atomic E-state index is -4.15. The highest BCUT2D eigenvalue weighted by Crippen LogP contribution is 2.40. The normalized spacial score (nSPS) is 19.6. The molecule has 40 heavy (non-hydrogen) atoms. The predicted molar refractivity (Wildman–Crippen MR) is 144 cm³/mol. The number of hydrogen-bond acceptors (Lipinski definition) is 9. The number of benzene rings is 1. The van der Waals surface area contributed by atoms with Crippen LogP contribution in [0.15, 0.2) is 23.1 Å². The fraction of sp³-hybridized carbons (Fsp3) is 0.480. The van der Waals surface area contributed by atoms with Crippen LogP contribution < -0.4 is 15.8 Å². The van der Waals surface area contributed by atoms with Crippen molar-refractivity contribution in [3.05, 3.63) is 28.8 Å². The van der Waals surface area contributed by atoms with Gasteiger partial charge in [-0.25, -0.2) is 17.2 Å². The largest absolute Gasteiger partial charge is 0.352 e. The van der Waals surface area contributed by atoms with Crippen molar-refractivity contribution in [2.24, 2.45) is 12.8 Å². The van der Waals surface area contributed by atoms with Crippen LogP contribution in [0.2, 0.25) is 0 Å². The molecule has 1 unspecified atom stereocenters. The van der Waals surface area contributed by atoms with Gasteiger partial charge in [-0.2, -0.15) is 15.1 Å². The Kier molecular flexibility index (Phi) is 7.47. The monoisotopic (exact) mass is 590 g/mol. The molecule has 0 aliphatic heterocycles. The molecule has 15 heteroatoms. The average molecular weight is 591 g/mol. The van der Waals surface area contributed by atoms with Gasteiger partial charge in [-0.1, -0.05) is 17.4 Å². The molecule has 0 radical (unpaired) electrons. The molecule has 1 fully saturated rings. The Morgan fingerprint density at radius 3 is 2.70 bits per heavy atom. The van der Waals surface area contributed by atoms with Crippen molar-refractivity contribution in [2.45, 2.75) is 74.4 Å². The molecule has 212 valence electrons. The van der Waals surface area contributed by atoms with E-state index in [0.717, 1.165) is 12.0 Å².